The van der Waals surface area contributed by atoms with E-state index in [-0.39, 0.29) is 11.7 Å². The molecular formula is C16H23FO. The fraction of sp³-hybridized carbons (Fsp3) is 0.625. The molecule has 2 heteroatoms. The Bertz CT molecular complexity index is 402. The SMILES string of the molecule is CCC1CCCC(C(O)c2cc(C)ccc2F)C1. The van der Waals surface area contributed by atoms with Crippen molar-refractivity contribution < 1.29 is 9.50 Å². The summed E-state index contributed by atoms with van der Waals surface area (Å²) in [5.74, 6) is 0.651. The van der Waals surface area contributed by atoms with Gasteiger partial charge >= 0.3 is 0 Å². The molecule has 1 aliphatic carbocycles. The van der Waals surface area contributed by atoms with Crippen molar-refractivity contribution in [2.45, 2.75) is 52.1 Å². The highest BCUT2D eigenvalue weighted by Crippen LogP contribution is 2.39. The molecule has 1 fully saturated rings. The highest BCUT2D eigenvalue weighted by atomic mass is 19.1. The van der Waals surface area contributed by atoms with E-state index >= 15 is 0 Å². The van der Waals surface area contributed by atoms with Crippen molar-refractivity contribution in [3.8, 4) is 0 Å². The summed E-state index contributed by atoms with van der Waals surface area (Å²) in [4.78, 5) is 0. The van der Waals surface area contributed by atoms with E-state index in [1.165, 1.54) is 18.9 Å². The molecule has 1 aromatic rings. The Hall–Kier alpha value is -0.890. The number of halogens is 1. The van der Waals surface area contributed by atoms with Crippen LogP contribution in [-0.2, 0) is 0 Å². The Morgan fingerprint density at radius 3 is 2.89 bits per heavy atom. The van der Waals surface area contributed by atoms with Crippen LogP contribution in [0.15, 0.2) is 18.2 Å². The minimum Gasteiger partial charge on any atom is -0.388 e. The molecule has 3 unspecified atom stereocenters. The molecule has 1 saturated carbocycles. The van der Waals surface area contributed by atoms with Crippen LogP contribution in [0.3, 0.4) is 0 Å². The fourth-order valence-corrected chi connectivity index (χ4v) is 3.13. The molecule has 0 radical (unpaired) electrons. The minimum atomic E-state index is -0.640. The third-order valence-corrected chi connectivity index (χ3v) is 4.32. The molecule has 1 N–H and O–H groups in total. The first kappa shape index (κ1) is 13.5. The van der Waals surface area contributed by atoms with Crippen LogP contribution in [0.5, 0.6) is 0 Å². The van der Waals surface area contributed by atoms with E-state index < -0.39 is 6.10 Å². The van der Waals surface area contributed by atoms with Gasteiger partial charge in [0.05, 0.1) is 6.10 Å². The van der Waals surface area contributed by atoms with Gasteiger partial charge in [0, 0.05) is 5.56 Å². The fourth-order valence-electron chi connectivity index (χ4n) is 3.13. The van der Waals surface area contributed by atoms with E-state index in [1.54, 1.807) is 12.1 Å². The summed E-state index contributed by atoms with van der Waals surface area (Å²) >= 11 is 0. The van der Waals surface area contributed by atoms with Crippen molar-refractivity contribution in [2.75, 3.05) is 0 Å². The van der Waals surface area contributed by atoms with Gasteiger partial charge in [-0.15, -0.1) is 0 Å². The van der Waals surface area contributed by atoms with E-state index in [0.717, 1.165) is 24.8 Å². The second-order valence-corrected chi connectivity index (χ2v) is 5.67. The van der Waals surface area contributed by atoms with E-state index in [9.17, 15) is 9.50 Å². The highest BCUT2D eigenvalue weighted by Gasteiger charge is 2.28. The smallest absolute Gasteiger partial charge is 0.129 e. The van der Waals surface area contributed by atoms with Crippen molar-refractivity contribution in [1.29, 1.82) is 0 Å². The van der Waals surface area contributed by atoms with Crippen molar-refractivity contribution in [1.82, 2.24) is 0 Å². The van der Waals surface area contributed by atoms with Gasteiger partial charge in [-0.05, 0) is 37.7 Å². The molecule has 100 valence electrons. The predicted octanol–water partition coefficient (Wildman–Crippen LogP) is 4.38. The van der Waals surface area contributed by atoms with Crippen LogP contribution in [0.25, 0.3) is 0 Å². The van der Waals surface area contributed by atoms with Crippen LogP contribution in [0.4, 0.5) is 4.39 Å². The van der Waals surface area contributed by atoms with Gasteiger partial charge in [-0.2, -0.15) is 0 Å². The number of hydrogen-bond acceptors (Lipinski definition) is 1. The standard InChI is InChI=1S/C16H23FO/c1-3-12-5-4-6-13(10-12)16(18)14-9-11(2)7-8-15(14)17/h7-9,12-13,16,18H,3-6,10H2,1-2H3. The second-order valence-electron chi connectivity index (χ2n) is 5.67. The molecule has 1 aliphatic rings. The van der Waals surface area contributed by atoms with E-state index in [0.29, 0.717) is 11.5 Å². The Morgan fingerprint density at radius 1 is 1.39 bits per heavy atom. The number of rotatable bonds is 3. The highest BCUT2D eigenvalue weighted by molar-refractivity contribution is 5.26. The van der Waals surface area contributed by atoms with Gasteiger partial charge in [0.1, 0.15) is 5.82 Å². The minimum absolute atomic E-state index is 0.222. The summed E-state index contributed by atoms with van der Waals surface area (Å²) in [5.41, 5.74) is 1.49. The molecule has 3 atom stereocenters. The summed E-state index contributed by atoms with van der Waals surface area (Å²) in [6.45, 7) is 4.14. The lowest BCUT2D eigenvalue weighted by Crippen LogP contribution is -2.22. The van der Waals surface area contributed by atoms with Crippen LogP contribution >= 0.6 is 0 Å². The van der Waals surface area contributed by atoms with Gasteiger partial charge in [0.25, 0.3) is 0 Å². The molecule has 1 nitrogen and oxygen atoms in total. The van der Waals surface area contributed by atoms with Crippen molar-refractivity contribution in [3.63, 3.8) is 0 Å². The lowest BCUT2D eigenvalue weighted by molar-refractivity contribution is 0.0650. The quantitative estimate of drug-likeness (QED) is 0.843. The van der Waals surface area contributed by atoms with Crippen LogP contribution in [0.2, 0.25) is 0 Å². The number of hydrogen-bond donors (Lipinski definition) is 1. The van der Waals surface area contributed by atoms with E-state index in [4.69, 9.17) is 0 Å². The van der Waals surface area contributed by atoms with E-state index in [1.807, 2.05) is 6.92 Å². The predicted molar refractivity (Wildman–Crippen MR) is 71.8 cm³/mol. The van der Waals surface area contributed by atoms with Gasteiger partial charge in [0.15, 0.2) is 0 Å². The summed E-state index contributed by atoms with van der Waals surface area (Å²) in [5, 5.41) is 10.4. The Kier molecular flexibility index (Phi) is 4.39. The van der Waals surface area contributed by atoms with Crippen molar-refractivity contribution in [3.05, 3.63) is 35.1 Å². The molecule has 0 bridgehead atoms. The van der Waals surface area contributed by atoms with Crippen molar-refractivity contribution >= 4 is 0 Å². The van der Waals surface area contributed by atoms with Crippen LogP contribution in [-0.4, -0.2) is 5.11 Å². The topological polar surface area (TPSA) is 20.2 Å². The molecule has 0 aliphatic heterocycles. The first-order chi connectivity index (χ1) is 8.61. The number of aliphatic hydroxyl groups is 1. The summed E-state index contributed by atoms with van der Waals surface area (Å²) in [6, 6.07) is 5.00. The molecule has 0 heterocycles. The molecule has 0 saturated heterocycles. The van der Waals surface area contributed by atoms with Crippen LogP contribution < -0.4 is 0 Å². The third kappa shape index (κ3) is 2.92. The normalized spacial score (nSPS) is 26.0. The van der Waals surface area contributed by atoms with Gasteiger partial charge in [-0.25, -0.2) is 4.39 Å². The molecule has 2 rings (SSSR count). The largest absolute Gasteiger partial charge is 0.388 e. The average Bonchev–Trinajstić information content (AvgIpc) is 2.41. The third-order valence-electron chi connectivity index (χ3n) is 4.32. The van der Waals surface area contributed by atoms with Crippen molar-refractivity contribution in [2.24, 2.45) is 11.8 Å². The molecular weight excluding hydrogens is 227 g/mol. The zero-order chi connectivity index (χ0) is 13.1. The maximum atomic E-state index is 13.8. The zero-order valence-corrected chi connectivity index (χ0v) is 11.3. The molecule has 0 amide bonds. The lowest BCUT2D eigenvalue weighted by atomic mass is 9.76. The maximum absolute atomic E-state index is 13.8. The summed E-state index contributed by atoms with van der Waals surface area (Å²) in [7, 11) is 0. The van der Waals surface area contributed by atoms with Crippen LogP contribution in [0.1, 0.15) is 56.3 Å². The molecule has 0 spiro atoms. The number of benzene rings is 1. The monoisotopic (exact) mass is 250 g/mol. The number of aryl methyl sites for hydroxylation is 1. The van der Waals surface area contributed by atoms with Gasteiger partial charge < -0.3 is 5.11 Å². The first-order valence-corrected chi connectivity index (χ1v) is 7.06. The number of aliphatic hydroxyl groups excluding tert-OH is 1. The first-order valence-electron chi connectivity index (χ1n) is 7.06. The van der Waals surface area contributed by atoms with Crippen LogP contribution in [0, 0.1) is 24.6 Å². The van der Waals surface area contributed by atoms with Gasteiger partial charge in [0.2, 0.25) is 0 Å². The second kappa shape index (κ2) is 5.83. The van der Waals surface area contributed by atoms with Gasteiger partial charge in [-0.1, -0.05) is 43.9 Å². The lowest BCUT2D eigenvalue weighted by Gasteiger charge is -2.32. The summed E-state index contributed by atoms with van der Waals surface area (Å²) < 4.78 is 13.8. The Balaban J connectivity index is 2.14. The van der Waals surface area contributed by atoms with Gasteiger partial charge in [-0.3, -0.25) is 0 Å². The molecule has 1 aromatic carbocycles. The molecule has 18 heavy (non-hydrogen) atoms. The maximum Gasteiger partial charge on any atom is 0.129 e. The molecule has 0 aromatic heterocycles. The Labute approximate surface area is 109 Å². The average molecular weight is 250 g/mol. The van der Waals surface area contributed by atoms with E-state index in [2.05, 4.69) is 6.92 Å². The summed E-state index contributed by atoms with van der Waals surface area (Å²) in [6.07, 6.45) is 5.00. The Morgan fingerprint density at radius 2 is 2.17 bits per heavy atom. The zero-order valence-electron chi connectivity index (χ0n) is 11.3.